The fraction of sp³-hybridized carbons (Fsp3) is 0.417. The van der Waals surface area contributed by atoms with Crippen molar-refractivity contribution in [2.75, 3.05) is 26.7 Å². The number of nitrogens with one attached hydrogen (secondary N) is 3. The van der Waals surface area contributed by atoms with Crippen molar-refractivity contribution in [1.29, 1.82) is 0 Å². The van der Waals surface area contributed by atoms with E-state index in [-0.39, 0.29) is 5.91 Å². The molecule has 1 fully saturated rings. The highest BCUT2D eigenvalue weighted by atomic mass is 16.1. The summed E-state index contributed by atoms with van der Waals surface area (Å²) in [6.45, 7) is 6.41. The van der Waals surface area contributed by atoms with Crippen LogP contribution in [0, 0.1) is 0 Å². The third-order valence-electron chi connectivity index (χ3n) is 5.41. The molecule has 3 N–H and O–H groups in total. The Morgan fingerprint density at radius 1 is 1.10 bits per heavy atom. The van der Waals surface area contributed by atoms with Crippen molar-refractivity contribution in [1.82, 2.24) is 20.9 Å². The Morgan fingerprint density at radius 3 is 2.67 bits per heavy atom. The molecule has 1 amide bonds. The van der Waals surface area contributed by atoms with Crippen LogP contribution in [-0.2, 0) is 13.1 Å². The molecule has 0 spiro atoms. The monoisotopic (exact) mass is 407 g/mol. The van der Waals surface area contributed by atoms with Crippen LogP contribution < -0.4 is 16.0 Å². The first-order chi connectivity index (χ1) is 14.7. The summed E-state index contributed by atoms with van der Waals surface area (Å²) >= 11 is 0. The van der Waals surface area contributed by atoms with E-state index in [9.17, 15) is 4.79 Å². The average molecular weight is 408 g/mol. The molecule has 160 valence electrons. The molecule has 6 nitrogen and oxygen atoms in total. The van der Waals surface area contributed by atoms with Gasteiger partial charge in [-0.15, -0.1) is 0 Å². The summed E-state index contributed by atoms with van der Waals surface area (Å²) in [4.78, 5) is 19.1. The number of guanidine groups is 1. The van der Waals surface area contributed by atoms with Crippen LogP contribution in [0.4, 0.5) is 0 Å². The quantitative estimate of drug-likeness (QED) is 0.465. The van der Waals surface area contributed by atoms with Crippen molar-refractivity contribution in [3.8, 4) is 0 Å². The highest BCUT2D eigenvalue weighted by Crippen LogP contribution is 2.19. The van der Waals surface area contributed by atoms with Gasteiger partial charge in [0, 0.05) is 38.3 Å². The van der Waals surface area contributed by atoms with E-state index in [1.807, 2.05) is 24.3 Å². The molecule has 0 aliphatic carbocycles. The van der Waals surface area contributed by atoms with Gasteiger partial charge in [0.05, 0.1) is 6.54 Å². The standard InChI is InChI=1S/C24H33N5O/c1-3-26-24(27-16-20-11-7-12-21(15-20)23(30)25-2)28-17-22-13-8-14-29(22)18-19-9-5-4-6-10-19/h4-7,9-12,15,22H,3,8,13-14,16-18H2,1-2H3,(H,25,30)(H2,26,27,28). The molecule has 3 rings (SSSR count). The lowest BCUT2D eigenvalue weighted by Gasteiger charge is -2.25. The third-order valence-corrected chi connectivity index (χ3v) is 5.41. The van der Waals surface area contributed by atoms with Crippen LogP contribution in [0.5, 0.6) is 0 Å². The number of rotatable bonds is 8. The zero-order valence-electron chi connectivity index (χ0n) is 18.0. The fourth-order valence-corrected chi connectivity index (χ4v) is 3.83. The summed E-state index contributed by atoms with van der Waals surface area (Å²) in [5.74, 6) is 0.736. The van der Waals surface area contributed by atoms with Gasteiger partial charge >= 0.3 is 0 Å². The molecule has 2 aromatic carbocycles. The topological polar surface area (TPSA) is 68.8 Å². The molecule has 0 bridgehead atoms. The molecule has 6 heteroatoms. The Labute approximate surface area is 179 Å². The summed E-state index contributed by atoms with van der Waals surface area (Å²) in [6, 6.07) is 18.8. The minimum absolute atomic E-state index is 0.0781. The van der Waals surface area contributed by atoms with Crippen LogP contribution in [0.15, 0.2) is 59.6 Å². The minimum Gasteiger partial charge on any atom is -0.357 e. The van der Waals surface area contributed by atoms with Crippen molar-refractivity contribution < 1.29 is 4.79 Å². The van der Waals surface area contributed by atoms with Gasteiger partial charge in [-0.05, 0) is 49.6 Å². The number of carbonyl (C=O) groups excluding carboxylic acids is 1. The number of amides is 1. The van der Waals surface area contributed by atoms with Gasteiger partial charge in [-0.3, -0.25) is 9.69 Å². The Bertz CT molecular complexity index is 836. The summed E-state index contributed by atoms with van der Waals surface area (Å²) in [7, 11) is 1.64. The van der Waals surface area contributed by atoms with E-state index in [4.69, 9.17) is 4.99 Å². The van der Waals surface area contributed by atoms with Gasteiger partial charge in [0.25, 0.3) is 5.91 Å². The highest BCUT2D eigenvalue weighted by molar-refractivity contribution is 5.94. The lowest BCUT2D eigenvalue weighted by molar-refractivity contribution is 0.0963. The van der Waals surface area contributed by atoms with Gasteiger partial charge in [-0.2, -0.15) is 0 Å². The second kappa shape index (κ2) is 11.4. The molecule has 1 heterocycles. The van der Waals surface area contributed by atoms with Crippen LogP contribution >= 0.6 is 0 Å². The van der Waals surface area contributed by atoms with Crippen LogP contribution in [0.25, 0.3) is 0 Å². The van der Waals surface area contributed by atoms with Gasteiger partial charge < -0.3 is 16.0 Å². The van der Waals surface area contributed by atoms with Crippen molar-refractivity contribution >= 4 is 11.9 Å². The summed E-state index contributed by atoms with van der Waals surface area (Å²) in [5, 5.41) is 9.51. The molecule has 1 aliphatic heterocycles. The maximum Gasteiger partial charge on any atom is 0.251 e. The summed E-state index contributed by atoms with van der Waals surface area (Å²) in [5.41, 5.74) is 3.03. The normalized spacial score (nSPS) is 17.0. The maximum absolute atomic E-state index is 11.8. The highest BCUT2D eigenvalue weighted by Gasteiger charge is 2.24. The first-order valence-electron chi connectivity index (χ1n) is 10.8. The van der Waals surface area contributed by atoms with Gasteiger partial charge in [0.1, 0.15) is 0 Å². The number of benzene rings is 2. The van der Waals surface area contributed by atoms with Gasteiger partial charge in [-0.1, -0.05) is 42.5 Å². The van der Waals surface area contributed by atoms with Crippen molar-refractivity contribution in [3.63, 3.8) is 0 Å². The molecule has 0 aromatic heterocycles. The number of likely N-dealkylation sites (tertiary alicyclic amines) is 1. The van der Waals surface area contributed by atoms with Crippen LogP contribution in [-0.4, -0.2) is 49.5 Å². The first-order valence-corrected chi connectivity index (χ1v) is 10.8. The smallest absolute Gasteiger partial charge is 0.251 e. The third kappa shape index (κ3) is 6.32. The molecule has 1 saturated heterocycles. The second-order valence-electron chi connectivity index (χ2n) is 7.61. The predicted octanol–water partition coefficient (Wildman–Crippen LogP) is 2.77. The number of hydrogen-bond donors (Lipinski definition) is 3. The minimum atomic E-state index is -0.0781. The zero-order chi connectivity index (χ0) is 21.2. The Hall–Kier alpha value is -2.86. The van der Waals surface area contributed by atoms with Gasteiger partial charge in [-0.25, -0.2) is 4.99 Å². The van der Waals surface area contributed by atoms with Gasteiger partial charge in [0.15, 0.2) is 5.96 Å². The van der Waals surface area contributed by atoms with E-state index in [2.05, 4.69) is 58.1 Å². The van der Waals surface area contributed by atoms with Crippen LogP contribution in [0.3, 0.4) is 0 Å². The molecule has 0 saturated carbocycles. The molecule has 1 aliphatic rings. The largest absolute Gasteiger partial charge is 0.357 e. The predicted molar refractivity (Wildman–Crippen MR) is 123 cm³/mol. The Balaban J connectivity index is 1.57. The lowest BCUT2D eigenvalue weighted by Crippen LogP contribution is -2.44. The number of nitrogens with zero attached hydrogens (tertiary/aromatic N) is 2. The Kier molecular flexibility index (Phi) is 8.27. The molecule has 1 unspecified atom stereocenters. The lowest BCUT2D eigenvalue weighted by atomic mass is 10.1. The van der Waals surface area contributed by atoms with E-state index in [0.717, 1.165) is 37.7 Å². The molecule has 2 aromatic rings. The van der Waals surface area contributed by atoms with E-state index < -0.39 is 0 Å². The van der Waals surface area contributed by atoms with E-state index in [0.29, 0.717) is 18.2 Å². The molecular weight excluding hydrogens is 374 g/mol. The average Bonchev–Trinajstić information content (AvgIpc) is 3.22. The molecule has 30 heavy (non-hydrogen) atoms. The van der Waals surface area contributed by atoms with E-state index >= 15 is 0 Å². The van der Waals surface area contributed by atoms with Crippen molar-refractivity contribution in [2.24, 2.45) is 4.99 Å². The SMILES string of the molecule is CCNC(=NCc1cccc(C(=O)NC)c1)NCC1CCCN1Cc1ccccc1. The number of hydrogen-bond acceptors (Lipinski definition) is 3. The molecule has 1 atom stereocenters. The van der Waals surface area contributed by atoms with Crippen molar-refractivity contribution in [3.05, 3.63) is 71.3 Å². The fourth-order valence-electron chi connectivity index (χ4n) is 3.83. The van der Waals surface area contributed by atoms with Gasteiger partial charge in [0.2, 0.25) is 0 Å². The van der Waals surface area contributed by atoms with E-state index in [1.54, 1.807) is 7.05 Å². The van der Waals surface area contributed by atoms with Crippen LogP contribution in [0.1, 0.15) is 41.3 Å². The van der Waals surface area contributed by atoms with Crippen LogP contribution in [0.2, 0.25) is 0 Å². The van der Waals surface area contributed by atoms with E-state index in [1.165, 1.54) is 18.4 Å². The van der Waals surface area contributed by atoms with Crippen molar-refractivity contribution in [2.45, 2.75) is 38.9 Å². The summed E-state index contributed by atoms with van der Waals surface area (Å²) in [6.07, 6.45) is 2.44. The first kappa shape index (κ1) is 21.8. The zero-order valence-corrected chi connectivity index (χ0v) is 18.0. The molecule has 0 radical (unpaired) electrons. The number of aliphatic imine (C=N–C) groups is 1. The second-order valence-corrected chi connectivity index (χ2v) is 7.61. The molecular formula is C24H33N5O. The Morgan fingerprint density at radius 2 is 1.90 bits per heavy atom. The summed E-state index contributed by atoms with van der Waals surface area (Å²) < 4.78 is 0. The maximum atomic E-state index is 11.8. The number of carbonyl (C=O) groups is 1.